The number of hydrogen-bond donors (Lipinski definition) is 1. The van der Waals surface area contributed by atoms with Gasteiger partial charge in [-0.15, -0.1) is 0 Å². The Morgan fingerprint density at radius 3 is 2.56 bits per heavy atom. The van der Waals surface area contributed by atoms with Gasteiger partial charge in [0.15, 0.2) is 0 Å². The number of nitrogens with one attached hydrogen (secondary N) is 1. The first kappa shape index (κ1) is 15.3. The van der Waals surface area contributed by atoms with Crippen LogP contribution in [0.2, 0.25) is 0 Å². The molecule has 0 radical (unpaired) electrons. The topological polar surface area (TPSA) is 28.7 Å². The summed E-state index contributed by atoms with van der Waals surface area (Å²) >= 11 is 0. The number of hydrogen-bond acceptors (Lipinski definition) is 1. The van der Waals surface area contributed by atoms with Crippen molar-refractivity contribution in [3.05, 3.63) is 17.7 Å². The van der Waals surface area contributed by atoms with Crippen molar-refractivity contribution in [1.82, 2.24) is 9.97 Å². The first-order chi connectivity index (χ1) is 8.51. The Hall–Kier alpha value is -0.790. The molecular formula is C16H30N2. The van der Waals surface area contributed by atoms with Crippen molar-refractivity contribution >= 4 is 0 Å². The highest BCUT2D eigenvalue weighted by Crippen LogP contribution is 2.29. The van der Waals surface area contributed by atoms with Gasteiger partial charge < -0.3 is 4.98 Å². The Bertz CT molecular complexity index is 339. The maximum absolute atomic E-state index is 4.57. The van der Waals surface area contributed by atoms with Gasteiger partial charge in [-0.1, -0.05) is 60.3 Å². The highest BCUT2D eigenvalue weighted by Gasteiger charge is 2.23. The molecule has 0 aliphatic carbocycles. The van der Waals surface area contributed by atoms with Crippen LogP contribution >= 0.6 is 0 Å². The molecule has 0 spiro atoms. The van der Waals surface area contributed by atoms with E-state index in [-0.39, 0.29) is 5.41 Å². The molecule has 0 saturated heterocycles. The summed E-state index contributed by atoms with van der Waals surface area (Å²) in [5, 5.41) is 0. The third-order valence-corrected chi connectivity index (χ3v) is 3.92. The molecule has 2 nitrogen and oxygen atoms in total. The van der Waals surface area contributed by atoms with Gasteiger partial charge >= 0.3 is 0 Å². The Kier molecular flexibility index (Phi) is 5.90. The number of aromatic amines is 1. The number of unbranched alkanes of at least 4 members (excludes halogenated alkanes) is 2. The summed E-state index contributed by atoms with van der Waals surface area (Å²) in [5.74, 6) is 1.71. The van der Waals surface area contributed by atoms with Gasteiger partial charge in [-0.25, -0.2) is 4.98 Å². The number of H-pyrrole nitrogens is 1. The molecule has 0 aliphatic rings. The van der Waals surface area contributed by atoms with Crippen LogP contribution in [-0.2, 0) is 5.41 Å². The molecule has 1 heterocycles. The maximum atomic E-state index is 4.57. The SMILES string of the molecule is CCCCCC(C)(C)c1cnc(C(C)CCC)[nH]1. The molecule has 0 aliphatic heterocycles. The van der Waals surface area contributed by atoms with E-state index in [2.05, 4.69) is 44.6 Å². The van der Waals surface area contributed by atoms with Crippen LogP contribution in [0, 0.1) is 0 Å². The lowest BCUT2D eigenvalue weighted by atomic mass is 9.84. The maximum Gasteiger partial charge on any atom is 0.109 e. The third-order valence-electron chi connectivity index (χ3n) is 3.92. The second-order valence-corrected chi connectivity index (χ2v) is 6.21. The molecule has 0 aromatic carbocycles. The molecule has 1 aromatic heterocycles. The van der Waals surface area contributed by atoms with Crippen LogP contribution in [0.4, 0.5) is 0 Å². The van der Waals surface area contributed by atoms with Crippen LogP contribution in [0.1, 0.15) is 90.6 Å². The number of aromatic nitrogens is 2. The molecule has 1 N–H and O–H groups in total. The largest absolute Gasteiger partial charge is 0.345 e. The van der Waals surface area contributed by atoms with Gasteiger partial charge in [-0.3, -0.25) is 0 Å². The van der Waals surface area contributed by atoms with Gasteiger partial charge in [0.2, 0.25) is 0 Å². The average Bonchev–Trinajstić information content (AvgIpc) is 2.79. The zero-order valence-electron chi connectivity index (χ0n) is 12.8. The van der Waals surface area contributed by atoms with Gasteiger partial charge in [-0.2, -0.15) is 0 Å². The Balaban J connectivity index is 2.65. The van der Waals surface area contributed by atoms with E-state index in [1.54, 1.807) is 0 Å². The fraction of sp³-hybridized carbons (Fsp3) is 0.812. The normalized spacial score (nSPS) is 13.8. The van der Waals surface area contributed by atoms with E-state index in [0.29, 0.717) is 5.92 Å². The number of nitrogens with zero attached hydrogens (tertiary/aromatic N) is 1. The Morgan fingerprint density at radius 2 is 1.94 bits per heavy atom. The lowest BCUT2D eigenvalue weighted by Gasteiger charge is -2.23. The number of imidazole rings is 1. The number of rotatable bonds is 8. The van der Waals surface area contributed by atoms with Crippen molar-refractivity contribution < 1.29 is 0 Å². The molecule has 1 atom stereocenters. The molecule has 0 bridgehead atoms. The predicted octanol–water partition coefficient (Wildman–Crippen LogP) is 5.17. The summed E-state index contributed by atoms with van der Waals surface area (Å²) in [7, 11) is 0. The molecule has 18 heavy (non-hydrogen) atoms. The minimum absolute atomic E-state index is 0.229. The zero-order chi connectivity index (χ0) is 13.6. The van der Waals surface area contributed by atoms with Crippen LogP contribution in [0.15, 0.2) is 6.20 Å². The van der Waals surface area contributed by atoms with Crippen molar-refractivity contribution in [3.63, 3.8) is 0 Å². The fourth-order valence-corrected chi connectivity index (χ4v) is 2.45. The fourth-order valence-electron chi connectivity index (χ4n) is 2.45. The summed E-state index contributed by atoms with van der Waals surface area (Å²) in [4.78, 5) is 8.13. The summed E-state index contributed by atoms with van der Waals surface area (Å²) in [6, 6.07) is 0. The second kappa shape index (κ2) is 6.96. The zero-order valence-corrected chi connectivity index (χ0v) is 12.8. The predicted molar refractivity (Wildman–Crippen MR) is 79.1 cm³/mol. The summed E-state index contributed by atoms with van der Waals surface area (Å²) in [5.41, 5.74) is 1.53. The molecule has 0 amide bonds. The molecule has 2 heteroatoms. The molecular weight excluding hydrogens is 220 g/mol. The van der Waals surface area contributed by atoms with Gasteiger partial charge in [0.05, 0.1) is 0 Å². The molecule has 0 fully saturated rings. The quantitative estimate of drug-likeness (QED) is 0.633. The first-order valence-electron chi connectivity index (χ1n) is 7.56. The third kappa shape index (κ3) is 4.15. The molecule has 1 unspecified atom stereocenters. The van der Waals surface area contributed by atoms with E-state index in [0.717, 1.165) is 5.82 Å². The van der Waals surface area contributed by atoms with E-state index in [1.165, 1.54) is 44.2 Å². The van der Waals surface area contributed by atoms with Crippen molar-refractivity contribution in [2.24, 2.45) is 0 Å². The summed E-state index contributed by atoms with van der Waals surface area (Å²) < 4.78 is 0. The Morgan fingerprint density at radius 1 is 1.22 bits per heavy atom. The minimum atomic E-state index is 0.229. The summed E-state index contributed by atoms with van der Waals surface area (Å²) in [6.45, 7) is 11.4. The van der Waals surface area contributed by atoms with E-state index in [1.807, 2.05) is 6.20 Å². The van der Waals surface area contributed by atoms with E-state index in [9.17, 15) is 0 Å². The highest BCUT2D eigenvalue weighted by molar-refractivity contribution is 5.14. The molecule has 0 saturated carbocycles. The van der Waals surface area contributed by atoms with Gasteiger partial charge in [-0.05, 0) is 12.8 Å². The van der Waals surface area contributed by atoms with Crippen molar-refractivity contribution in [3.8, 4) is 0 Å². The van der Waals surface area contributed by atoms with Crippen LogP contribution in [-0.4, -0.2) is 9.97 Å². The Labute approximate surface area is 113 Å². The average molecular weight is 250 g/mol. The monoisotopic (exact) mass is 250 g/mol. The molecule has 1 aromatic rings. The van der Waals surface area contributed by atoms with E-state index < -0.39 is 0 Å². The molecule has 1 rings (SSSR count). The first-order valence-corrected chi connectivity index (χ1v) is 7.56. The highest BCUT2D eigenvalue weighted by atomic mass is 14.9. The standard InChI is InChI=1S/C16H30N2/c1-6-8-9-11-16(4,5)14-12-17-15(18-14)13(3)10-7-2/h12-13H,6-11H2,1-5H3,(H,17,18). The van der Waals surface area contributed by atoms with E-state index >= 15 is 0 Å². The van der Waals surface area contributed by atoms with Crippen molar-refractivity contribution in [2.45, 2.75) is 84.5 Å². The van der Waals surface area contributed by atoms with E-state index in [4.69, 9.17) is 0 Å². The van der Waals surface area contributed by atoms with Gasteiger partial charge in [0.1, 0.15) is 5.82 Å². The van der Waals surface area contributed by atoms with Crippen LogP contribution in [0.5, 0.6) is 0 Å². The summed E-state index contributed by atoms with van der Waals surface area (Å²) in [6.07, 6.45) is 9.65. The lowest BCUT2D eigenvalue weighted by molar-refractivity contribution is 0.439. The van der Waals surface area contributed by atoms with Crippen LogP contribution in [0.3, 0.4) is 0 Å². The smallest absolute Gasteiger partial charge is 0.109 e. The molecule has 104 valence electrons. The minimum Gasteiger partial charge on any atom is -0.345 e. The van der Waals surface area contributed by atoms with Gasteiger partial charge in [0, 0.05) is 23.2 Å². The second-order valence-electron chi connectivity index (χ2n) is 6.21. The van der Waals surface area contributed by atoms with Crippen molar-refractivity contribution in [2.75, 3.05) is 0 Å². The van der Waals surface area contributed by atoms with Crippen molar-refractivity contribution in [1.29, 1.82) is 0 Å². The van der Waals surface area contributed by atoms with Gasteiger partial charge in [0.25, 0.3) is 0 Å². The van der Waals surface area contributed by atoms with Crippen LogP contribution in [0.25, 0.3) is 0 Å². The van der Waals surface area contributed by atoms with Crippen LogP contribution < -0.4 is 0 Å². The lowest BCUT2D eigenvalue weighted by Crippen LogP contribution is -2.17.